The van der Waals surface area contributed by atoms with Crippen LogP contribution < -0.4 is 10.1 Å². The van der Waals surface area contributed by atoms with E-state index in [4.69, 9.17) is 4.74 Å². The summed E-state index contributed by atoms with van der Waals surface area (Å²) in [6.45, 7) is 0.421. The van der Waals surface area contributed by atoms with Gasteiger partial charge < -0.3 is 10.1 Å². The number of amides is 1. The van der Waals surface area contributed by atoms with E-state index in [0.29, 0.717) is 42.3 Å². The van der Waals surface area contributed by atoms with Crippen molar-refractivity contribution in [2.75, 3.05) is 13.7 Å². The van der Waals surface area contributed by atoms with E-state index in [-0.39, 0.29) is 11.7 Å². The molecule has 3 rings (SSSR count). The fourth-order valence-corrected chi connectivity index (χ4v) is 2.48. The lowest BCUT2D eigenvalue weighted by Crippen LogP contribution is -2.25. The molecule has 0 bridgehead atoms. The zero-order valence-electron chi connectivity index (χ0n) is 14.3. The fourth-order valence-electron chi connectivity index (χ4n) is 2.48. The number of nitrogens with zero attached hydrogens (tertiary/aromatic N) is 2. The summed E-state index contributed by atoms with van der Waals surface area (Å²) in [4.78, 5) is 16.5. The first-order valence-electron chi connectivity index (χ1n) is 8.21. The van der Waals surface area contributed by atoms with Gasteiger partial charge in [-0.1, -0.05) is 18.2 Å². The van der Waals surface area contributed by atoms with Crippen molar-refractivity contribution in [3.63, 3.8) is 0 Å². The third kappa shape index (κ3) is 4.66. The van der Waals surface area contributed by atoms with Crippen LogP contribution in [0.15, 0.2) is 48.5 Å². The van der Waals surface area contributed by atoms with Crippen LogP contribution in [0.2, 0.25) is 0 Å². The highest BCUT2D eigenvalue weighted by molar-refractivity contribution is 5.94. The average Bonchev–Trinajstić information content (AvgIpc) is 3.11. The molecular weight excluding hydrogens is 335 g/mol. The average molecular weight is 354 g/mol. The van der Waals surface area contributed by atoms with E-state index in [2.05, 4.69) is 20.5 Å². The lowest BCUT2D eigenvalue weighted by Gasteiger charge is -2.05. The van der Waals surface area contributed by atoms with Gasteiger partial charge in [-0.25, -0.2) is 9.37 Å². The molecular formula is C19H19FN4O2. The zero-order valence-corrected chi connectivity index (χ0v) is 14.3. The highest BCUT2D eigenvalue weighted by Crippen LogP contribution is 2.12. The van der Waals surface area contributed by atoms with Crippen molar-refractivity contribution >= 4 is 5.91 Å². The first-order chi connectivity index (χ1) is 12.6. The van der Waals surface area contributed by atoms with Crippen LogP contribution in [-0.4, -0.2) is 34.7 Å². The lowest BCUT2D eigenvalue weighted by molar-refractivity contribution is 0.0953. The smallest absolute Gasteiger partial charge is 0.251 e. The summed E-state index contributed by atoms with van der Waals surface area (Å²) in [7, 11) is 1.56. The van der Waals surface area contributed by atoms with Gasteiger partial charge in [0.15, 0.2) is 5.82 Å². The zero-order chi connectivity index (χ0) is 18.4. The topological polar surface area (TPSA) is 79.9 Å². The lowest BCUT2D eigenvalue weighted by atomic mass is 10.1. The number of aromatic amines is 1. The number of ether oxygens (including phenoxy) is 1. The summed E-state index contributed by atoms with van der Waals surface area (Å²) in [5.74, 6) is 1.51. The molecule has 0 unspecified atom stereocenters. The van der Waals surface area contributed by atoms with Gasteiger partial charge in [0.1, 0.15) is 17.4 Å². The molecule has 1 amide bonds. The molecule has 1 heterocycles. The van der Waals surface area contributed by atoms with Crippen LogP contribution in [0.3, 0.4) is 0 Å². The maximum absolute atomic E-state index is 12.9. The maximum atomic E-state index is 12.9. The molecule has 2 N–H and O–H groups in total. The van der Waals surface area contributed by atoms with E-state index >= 15 is 0 Å². The molecule has 0 aliphatic heterocycles. The van der Waals surface area contributed by atoms with E-state index in [1.165, 1.54) is 12.1 Å². The molecule has 134 valence electrons. The molecule has 0 radical (unpaired) electrons. The predicted octanol–water partition coefficient (Wildman–Crippen LogP) is 2.52. The normalized spacial score (nSPS) is 10.5. The number of aromatic nitrogens is 3. The Morgan fingerprint density at radius 2 is 2.04 bits per heavy atom. The van der Waals surface area contributed by atoms with Gasteiger partial charge in [-0.05, 0) is 35.9 Å². The molecule has 2 aromatic carbocycles. The Morgan fingerprint density at radius 1 is 1.23 bits per heavy atom. The highest BCUT2D eigenvalue weighted by Gasteiger charge is 2.08. The highest BCUT2D eigenvalue weighted by atomic mass is 19.1. The van der Waals surface area contributed by atoms with Gasteiger partial charge in [0.2, 0.25) is 0 Å². The molecule has 0 saturated heterocycles. The standard InChI is InChI=1S/C19H19FN4O2/c1-26-16-4-2-3-14(12-16)19(25)21-10-9-17-22-18(24-23-17)11-13-5-7-15(20)8-6-13/h2-8,12H,9-11H2,1H3,(H,21,25)(H,22,23,24). The predicted molar refractivity (Wildman–Crippen MR) is 94.6 cm³/mol. The minimum atomic E-state index is -0.265. The number of halogens is 1. The van der Waals surface area contributed by atoms with Gasteiger partial charge in [-0.2, -0.15) is 5.10 Å². The maximum Gasteiger partial charge on any atom is 0.251 e. The Labute approximate surface area is 150 Å². The molecule has 0 fully saturated rings. The van der Waals surface area contributed by atoms with Gasteiger partial charge >= 0.3 is 0 Å². The molecule has 6 nitrogen and oxygen atoms in total. The number of methoxy groups -OCH3 is 1. The third-order valence-electron chi connectivity index (χ3n) is 3.83. The molecule has 0 aliphatic rings. The fraction of sp³-hybridized carbons (Fsp3) is 0.211. The Balaban J connectivity index is 1.50. The Kier molecular flexibility index (Phi) is 5.58. The number of carbonyl (C=O) groups is 1. The summed E-state index contributed by atoms with van der Waals surface area (Å²) in [5.41, 5.74) is 1.48. The summed E-state index contributed by atoms with van der Waals surface area (Å²) in [5, 5.41) is 9.85. The summed E-state index contributed by atoms with van der Waals surface area (Å²) < 4.78 is 18.0. The first-order valence-corrected chi connectivity index (χ1v) is 8.21. The third-order valence-corrected chi connectivity index (χ3v) is 3.83. The van der Waals surface area contributed by atoms with Crippen LogP contribution in [0, 0.1) is 5.82 Å². The summed E-state index contributed by atoms with van der Waals surface area (Å²) >= 11 is 0. The van der Waals surface area contributed by atoms with Crippen LogP contribution in [0.1, 0.15) is 27.6 Å². The second kappa shape index (κ2) is 8.24. The molecule has 0 atom stereocenters. The number of nitrogens with one attached hydrogen (secondary N) is 2. The van der Waals surface area contributed by atoms with E-state index < -0.39 is 0 Å². The monoisotopic (exact) mass is 354 g/mol. The summed E-state index contributed by atoms with van der Waals surface area (Å²) in [6.07, 6.45) is 1.05. The van der Waals surface area contributed by atoms with Gasteiger partial charge in [0.05, 0.1) is 7.11 Å². The Morgan fingerprint density at radius 3 is 2.81 bits per heavy atom. The van der Waals surface area contributed by atoms with Crippen molar-refractivity contribution in [1.82, 2.24) is 20.5 Å². The van der Waals surface area contributed by atoms with Crippen molar-refractivity contribution in [3.8, 4) is 5.75 Å². The quantitative estimate of drug-likeness (QED) is 0.683. The van der Waals surface area contributed by atoms with Crippen LogP contribution >= 0.6 is 0 Å². The van der Waals surface area contributed by atoms with Crippen molar-refractivity contribution in [1.29, 1.82) is 0 Å². The number of rotatable bonds is 7. The van der Waals surface area contributed by atoms with Crippen LogP contribution in [0.25, 0.3) is 0 Å². The van der Waals surface area contributed by atoms with Gasteiger partial charge in [-0.15, -0.1) is 0 Å². The first kappa shape index (κ1) is 17.6. The van der Waals surface area contributed by atoms with E-state index in [0.717, 1.165) is 5.56 Å². The van der Waals surface area contributed by atoms with Crippen molar-refractivity contribution < 1.29 is 13.9 Å². The Hall–Kier alpha value is -3.22. The number of hydrogen-bond acceptors (Lipinski definition) is 4. The molecule has 0 spiro atoms. The largest absolute Gasteiger partial charge is 0.497 e. The minimum Gasteiger partial charge on any atom is -0.497 e. The van der Waals surface area contributed by atoms with Crippen molar-refractivity contribution in [2.24, 2.45) is 0 Å². The van der Waals surface area contributed by atoms with Crippen LogP contribution in [0.4, 0.5) is 4.39 Å². The summed E-state index contributed by atoms with van der Waals surface area (Å²) in [6, 6.07) is 13.2. The minimum absolute atomic E-state index is 0.175. The number of benzene rings is 2. The van der Waals surface area contributed by atoms with Crippen LogP contribution in [0.5, 0.6) is 5.75 Å². The van der Waals surface area contributed by atoms with Gasteiger partial charge in [0, 0.05) is 24.9 Å². The Bertz CT molecular complexity index is 877. The van der Waals surface area contributed by atoms with E-state index in [9.17, 15) is 9.18 Å². The van der Waals surface area contributed by atoms with E-state index in [1.807, 2.05) is 0 Å². The van der Waals surface area contributed by atoms with Crippen molar-refractivity contribution in [3.05, 3.63) is 77.1 Å². The van der Waals surface area contributed by atoms with Gasteiger partial charge in [0.25, 0.3) is 5.91 Å². The van der Waals surface area contributed by atoms with Crippen molar-refractivity contribution in [2.45, 2.75) is 12.8 Å². The van der Waals surface area contributed by atoms with E-state index in [1.54, 1.807) is 43.5 Å². The SMILES string of the molecule is COc1cccc(C(=O)NCCc2n[nH]c(Cc3ccc(F)cc3)n2)c1. The molecule has 0 saturated carbocycles. The second-order valence-electron chi connectivity index (χ2n) is 5.74. The molecule has 26 heavy (non-hydrogen) atoms. The van der Waals surface area contributed by atoms with Crippen LogP contribution in [-0.2, 0) is 12.8 Å². The molecule has 0 aliphatic carbocycles. The molecule has 7 heteroatoms. The second-order valence-corrected chi connectivity index (χ2v) is 5.74. The number of H-pyrrole nitrogens is 1. The molecule has 3 aromatic rings. The van der Waals surface area contributed by atoms with Gasteiger partial charge in [-0.3, -0.25) is 9.89 Å². The molecule has 1 aromatic heterocycles. The number of carbonyl (C=O) groups excluding carboxylic acids is 1. The number of hydrogen-bond donors (Lipinski definition) is 2.